The van der Waals surface area contributed by atoms with Gasteiger partial charge in [0.15, 0.2) is 0 Å². The van der Waals surface area contributed by atoms with E-state index in [2.05, 4.69) is 16.9 Å². The summed E-state index contributed by atoms with van der Waals surface area (Å²) in [6.45, 7) is 9.60. The molecule has 0 fully saturated rings. The number of allylic oxidation sites excluding steroid dienone is 2. The molecule has 1 aromatic rings. The first-order valence-corrected chi connectivity index (χ1v) is 6.19. The highest BCUT2D eigenvalue weighted by Gasteiger charge is 2.06. The molecular formula is C15H16ClN3. The molecule has 1 aromatic carbocycles. The number of benzene rings is 1. The third kappa shape index (κ3) is 3.97. The van der Waals surface area contributed by atoms with Gasteiger partial charge in [0.05, 0.1) is 22.3 Å². The van der Waals surface area contributed by atoms with Gasteiger partial charge in [0.25, 0.3) is 0 Å². The zero-order valence-electron chi connectivity index (χ0n) is 11.3. The number of rotatable bonds is 4. The van der Waals surface area contributed by atoms with Crippen LogP contribution in [0.2, 0.25) is 5.02 Å². The molecule has 98 valence electrons. The van der Waals surface area contributed by atoms with Crippen molar-refractivity contribution in [3.8, 4) is 6.07 Å². The van der Waals surface area contributed by atoms with E-state index in [1.165, 1.54) is 0 Å². The molecule has 19 heavy (non-hydrogen) atoms. The highest BCUT2D eigenvalue weighted by molar-refractivity contribution is 6.33. The lowest BCUT2D eigenvalue weighted by atomic mass is 10.1. The Morgan fingerprint density at radius 1 is 1.47 bits per heavy atom. The highest BCUT2D eigenvalue weighted by Crippen LogP contribution is 2.26. The van der Waals surface area contributed by atoms with Crippen LogP contribution >= 0.6 is 11.6 Å². The van der Waals surface area contributed by atoms with Crippen molar-refractivity contribution in [1.29, 1.82) is 5.26 Å². The SMILES string of the molecule is C=C(C)/C(C)=C(\N=C/C)Nc1ccc(C#N)cc1Cl. The van der Waals surface area contributed by atoms with Crippen molar-refractivity contribution in [1.82, 2.24) is 0 Å². The first-order chi connectivity index (χ1) is 8.99. The van der Waals surface area contributed by atoms with E-state index in [0.29, 0.717) is 22.1 Å². The van der Waals surface area contributed by atoms with Gasteiger partial charge in [-0.2, -0.15) is 5.26 Å². The van der Waals surface area contributed by atoms with Crippen molar-refractivity contribution < 1.29 is 0 Å². The van der Waals surface area contributed by atoms with Gasteiger partial charge in [0.1, 0.15) is 5.82 Å². The molecular weight excluding hydrogens is 258 g/mol. The molecule has 4 heteroatoms. The number of nitrogens with zero attached hydrogens (tertiary/aromatic N) is 2. The number of halogens is 1. The van der Waals surface area contributed by atoms with Crippen molar-refractivity contribution in [2.45, 2.75) is 20.8 Å². The average molecular weight is 274 g/mol. The van der Waals surface area contributed by atoms with Crippen LogP contribution in [-0.4, -0.2) is 6.21 Å². The molecule has 1 N–H and O–H groups in total. The van der Waals surface area contributed by atoms with Gasteiger partial charge in [-0.3, -0.25) is 0 Å². The summed E-state index contributed by atoms with van der Waals surface area (Å²) in [6, 6.07) is 7.13. The molecule has 0 spiro atoms. The Balaban J connectivity index is 3.15. The summed E-state index contributed by atoms with van der Waals surface area (Å²) in [5, 5.41) is 12.5. The second-order valence-electron chi connectivity index (χ2n) is 4.07. The Bertz CT molecular complexity index is 592. The Kier molecular flexibility index (Phi) is 5.35. The predicted octanol–water partition coefficient (Wildman–Crippen LogP) is 4.52. The van der Waals surface area contributed by atoms with E-state index in [0.717, 1.165) is 11.1 Å². The maximum absolute atomic E-state index is 8.81. The molecule has 0 aromatic heterocycles. The van der Waals surface area contributed by atoms with E-state index < -0.39 is 0 Å². The number of anilines is 1. The molecule has 1 rings (SSSR count). The van der Waals surface area contributed by atoms with Crippen LogP contribution in [0.1, 0.15) is 26.3 Å². The van der Waals surface area contributed by atoms with Gasteiger partial charge < -0.3 is 5.32 Å². The normalized spacial score (nSPS) is 11.9. The second-order valence-corrected chi connectivity index (χ2v) is 4.48. The first kappa shape index (κ1) is 15.0. The zero-order valence-corrected chi connectivity index (χ0v) is 12.0. The molecule has 0 bridgehead atoms. The molecule has 0 aliphatic rings. The van der Waals surface area contributed by atoms with Crippen LogP contribution in [0, 0.1) is 11.3 Å². The van der Waals surface area contributed by atoms with Crippen molar-refractivity contribution in [2.75, 3.05) is 5.32 Å². The lowest BCUT2D eigenvalue weighted by molar-refractivity contribution is 1.20. The smallest absolute Gasteiger partial charge is 0.133 e. The Morgan fingerprint density at radius 2 is 2.16 bits per heavy atom. The minimum Gasteiger partial charge on any atom is -0.339 e. The van der Waals surface area contributed by atoms with E-state index in [4.69, 9.17) is 16.9 Å². The van der Waals surface area contributed by atoms with Crippen LogP contribution < -0.4 is 5.32 Å². The summed E-state index contributed by atoms with van der Waals surface area (Å²) in [7, 11) is 0. The summed E-state index contributed by atoms with van der Waals surface area (Å²) in [5.41, 5.74) is 3.12. The van der Waals surface area contributed by atoms with Crippen molar-refractivity contribution in [2.24, 2.45) is 4.99 Å². The summed E-state index contributed by atoms with van der Waals surface area (Å²) >= 11 is 6.13. The van der Waals surface area contributed by atoms with Crippen LogP contribution in [0.3, 0.4) is 0 Å². The summed E-state index contributed by atoms with van der Waals surface area (Å²) in [4.78, 5) is 4.28. The van der Waals surface area contributed by atoms with Crippen LogP contribution in [0.25, 0.3) is 0 Å². The van der Waals surface area contributed by atoms with Gasteiger partial charge in [-0.1, -0.05) is 23.8 Å². The monoisotopic (exact) mass is 273 g/mol. The summed E-state index contributed by atoms with van der Waals surface area (Å²) in [5.74, 6) is 0.696. The van der Waals surface area contributed by atoms with Gasteiger partial charge in [-0.15, -0.1) is 0 Å². The summed E-state index contributed by atoms with van der Waals surface area (Å²) < 4.78 is 0. The minimum absolute atomic E-state index is 0.484. The molecule has 0 radical (unpaired) electrons. The predicted molar refractivity (Wildman–Crippen MR) is 81.5 cm³/mol. The quantitative estimate of drug-likeness (QED) is 0.647. The standard InChI is InChI=1S/C15H16ClN3/c1-5-18-15(11(4)10(2)3)19-14-7-6-12(9-17)8-13(14)16/h5-8,19H,2H2,1,3-4H3/b15-11+,18-5-. The minimum atomic E-state index is 0.484. The van der Waals surface area contributed by atoms with E-state index in [9.17, 15) is 0 Å². The van der Waals surface area contributed by atoms with Gasteiger partial charge >= 0.3 is 0 Å². The molecule has 0 saturated carbocycles. The number of aliphatic imine (C=N–C) groups is 1. The molecule has 0 saturated heterocycles. The molecule has 3 nitrogen and oxygen atoms in total. The molecule has 0 amide bonds. The van der Waals surface area contributed by atoms with Crippen LogP contribution in [0.15, 0.2) is 46.7 Å². The molecule has 0 aliphatic carbocycles. The van der Waals surface area contributed by atoms with Gasteiger partial charge in [-0.25, -0.2) is 4.99 Å². The van der Waals surface area contributed by atoms with E-state index in [1.807, 2.05) is 26.8 Å². The zero-order chi connectivity index (χ0) is 14.4. The molecule has 0 atom stereocenters. The molecule has 0 unspecified atom stereocenters. The largest absolute Gasteiger partial charge is 0.339 e. The summed E-state index contributed by atoms with van der Waals surface area (Å²) in [6.07, 6.45) is 1.70. The highest BCUT2D eigenvalue weighted by atomic mass is 35.5. The fourth-order valence-electron chi connectivity index (χ4n) is 1.37. The van der Waals surface area contributed by atoms with E-state index >= 15 is 0 Å². The van der Waals surface area contributed by atoms with Crippen LogP contribution in [-0.2, 0) is 0 Å². The van der Waals surface area contributed by atoms with E-state index in [1.54, 1.807) is 24.4 Å². The average Bonchev–Trinajstić information content (AvgIpc) is 2.39. The maximum Gasteiger partial charge on any atom is 0.133 e. The Morgan fingerprint density at radius 3 is 2.63 bits per heavy atom. The van der Waals surface area contributed by atoms with Gasteiger partial charge in [0, 0.05) is 6.21 Å². The second kappa shape index (κ2) is 6.77. The number of nitrogens with one attached hydrogen (secondary N) is 1. The fourth-order valence-corrected chi connectivity index (χ4v) is 1.60. The molecule has 0 aliphatic heterocycles. The lowest BCUT2D eigenvalue weighted by Crippen LogP contribution is -2.02. The van der Waals surface area contributed by atoms with Gasteiger partial charge in [-0.05, 0) is 44.5 Å². The topological polar surface area (TPSA) is 48.2 Å². The Labute approximate surface area is 118 Å². The lowest BCUT2D eigenvalue weighted by Gasteiger charge is -2.12. The van der Waals surface area contributed by atoms with Crippen molar-refractivity contribution in [3.05, 3.63) is 52.3 Å². The van der Waals surface area contributed by atoms with Gasteiger partial charge in [0.2, 0.25) is 0 Å². The van der Waals surface area contributed by atoms with Crippen LogP contribution in [0.4, 0.5) is 5.69 Å². The number of hydrogen-bond donors (Lipinski definition) is 1. The number of hydrogen-bond acceptors (Lipinski definition) is 3. The molecule has 0 heterocycles. The third-order valence-electron chi connectivity index (χ3n) is 2.60. The van der Waals surface area contributed by atoms with Crippen LogP contribution in [0.5, 0.6) is 0 Å². The first-order valence-electron chi connectivity index (χ1n) is 5.81. The fraction of sp³-hybridized carbons (Fsp3) is 0.200. The Hall–Kier alpha value is -2.05. The number of nitriles is 1. The van der Waals surface area contributed by atoms with Crippen molar-refractivity contribution in [3.63, 3.8) is 0 Å². The maximum atomic E-state index is 8.81. The van der Waals surface area contributed by atoms with E-state index in [-0.39, 0.29) is 0 Å². The third-order valence-corrected chi connectivity index (χ3v) is 2.92. The van der Waals surface area contributed by atoms with Crippen molar-refractivity contribution >= 4 is 23.5 Å².